The molecular formula is C27H27FN6O2. The van der Waals surface area contributed by atoms with E-state index in [1.807, 2.05) is 30.3 Å². The van der Waals surface area contributed by atoms with Crippen molar-refractivity contribution in [2.24, 2.45) is 0 Å². The molecule has 8 nitrogen and oxygen atoms in total. The molecular weight excluding hydrogens is 459 g/mol. The largest absolute Gasteiger partial charge is 0.396 e. The standard InChI is InChI=1S/C27H27FN6O2/c1-34(2)25(35)11-13-31-27(36)20-7-6-19(15-21(20)28)24-10-8-22(29)26(33-24)32-16-17-5-9-23-18(14-17)4-3-12-30-23/h3-10,12,14-15H,11,13,16,29H2,1-2H3,(H,31,36)(H,32,33). The lowest BCUT2D eigenvalue weighted by molar-refractivity contribution is -0.128. The molecule has 0 spiro atoms. The first kappa shape index (κ1) is 24.6. The van der Waals surface area contributed by atoms with E-state index in [1.165, 1.54) is 17.0 Å². The second-order valence-corrected chi connectivity index (χ2v) is 8.51. The topological polar surface area (TPSA) is 113 Å². The number of nitrogens with two attached hydrogens (primary N) is 1. The van der Waals surface area contributed by atoms with Crippen molar-refractivity contribution < 1.29 is 14.0 Å². The number of fused-ring (bicyclic) bond motifs is 1. The maximum Gasteiger partial charge on any atom is 0.254 e. The van der Waals surface area contributed by atoms with Crippen LogP contribution < -0.4 is 16.4 Å². The second kappa shape index (κ2) is 10.8. The van der Waals surface area contributed by atoms with E-state index >= 15 is 0 Å². The van der Waals surface area contributed by atoms with Crippen molar-refractivity contribution in [1.29, 1.82) is 0 Å². The van der Waals surface area contributed by atoms with Crippen LogP contribution in [-0.4, -0.2) is 47.3 Å². The van der Waals surface area contributed by atoms with Gasteiger partial charge in [0, 0.05) is 50.8 Å². The Hall–Kier alpha value is -4.53. The van der Waals surface area contributed by atoms with Gasteiger partial charge in [0.1, 0.15) is 11.6 Å². The molecule has 2 aromatic carbocycles. The van der Waals surface area contributed by atoms with Gasteiger partial charge in [-0.3, -0.25) is 14.6 Å². The lowest BCUT2D eigenvalue weighted by atomic mass is 10.1. The molecule has 2 amide bonds. The van der Waals surface area contributed by atoms with E-state index in [0.717, 1.165) is 16.5 Å². The summed E-state index contributed by atoms with van der Waals surface area (Å²) in [4.78, 5) is 34.3. The number of halogens is 1. The SMILES string of the molecule is CN(C)C(=O)CCNC(=O)c1ccc(-c2ccc(N)c(NCc3ccc4ncccc4c3)n2)cc1F. The minimum Gasteiger partial charge on any atom is -0.396 e. The highest BCUT2D eigenvalue weighted by atomic mass is 19.1. The van der Waals surface area contributed by atoms with Gasteiger partial charge in [0.15, 0.2) is 0 Å². The summed E-state index contributed by atoms with van der Waals surface area (Å²) in [5.41, 5.74) is 9.45. The number of benzene rings is 2. The second-order valence-electron chi connectivity index (χ2n) is 8.51. The zero-order valence-corrected chi connectivity index (χ0v) is 20.1. The number of amides is 2. The molecule has 36 heavy (non-hydrogen) atoms. The number of nitrogens with zero attached hydrogens (tertiary/aromatic N) is 3. The first-order valence-electron chi connectivity index (χ1n) is 11.4. The first-order chi connectivity index (χ1) is 17.3. The van der Waals surface area contributed by atoms with Crippen LogP contribution in [0.2, 0.25) is 0 Å². The Kier molecular flexibility index (Phi) is 7.39. The van der Waals surface area contributed by atoms with E-state index in [0.29, 0.717) is 29.3 Å². The van der Waals surface area contributed by atoms with Crippen molar-refractivity contribution >= 4 is 34.2 Å². The number of hydrogen-bond acceptors (Lipinski definition) is 6. The fraction of sp³-hybridized carbons (Fsp3) is 0.185. The van der Waals surface area contributed by atoms with Gasteiger partial charge in [0.05, 0.1) is 22.5 Å². The van der Waals surface area contributed by atoms with Crippen LogP contribution in [0.3, 0.4) is 0 Å². The average Bonchev–Trinajstić information content (AvgIpc) is 2.87. The van der Waals surface area contributed by atoms with Crippen molar-refractivity contribution in [3.8, 4) is 11.3 Å². The molecule has 4 rings (SSSR count). The Labute approximate surface area is 208 Å². The number of hydrogen-bond donors (Lipinski definition) is 3. The monoisotopic (exact) mass is 486 g/mol. The summed E-state index contributed by atoms with van der Waals surface area (Å²) in [6, 6.07) is 17.6. The van der Waals surface area contributed by atoms with E-state index < -0.39 is 11.7 Å². The zero-order valence-electron chi connectivity index (χ0n) is 20.1. The highest BCUT2D eigenvalue weighted by Crippen LogP contribution is 2.26. The van der Waals surface area contributed by atoms with Gasteiger partial charge in [-0.05, 0) is 48.0 Å². The maximum absolute atomic E-state index is 14.8. The van der Waals surface area contributed by atoms with Gasteiger partial charge >= 0.3 is 0 Å². The van der Waals surface area contributed by atoms with E-state index in [4.69, 9.17) is 5.73 Å². The Morgan fingerprint density at radius 3 is 2.67 bits per heavy atom. The molecule has 0 unspecified atom stereocenters. The fourth-order valence-electron chi connectivity index (χ4n) is 3.65. The number of nitrogens with one attached hydrogen (secondary N) is 2. The van der Waals surface area contributed by atoms with Crippen LogP contribution in [0.15, 0.2) is 66.9 Å². The molecule has 0 saturated heterocycles. The molecule has 0 bridgehead atoms. The molecule has 4 N–H and O–H groups in total. The van der Waals surface area contributed by atoms with Crippen molar-refractivity contribution in [3.05, 3.63) is 83.8 Å². The molecule has 0 saturated carbocycles. The summed E-state index contributed by atoms with van der Waals surface area (Å²) in [6.45, 7) is 0.620. The Morgan fingerprint density at radius 1 is 1.06 bits per heavy atom. The average molecular weight is 487 g/mol. The lowest BCUT2D eigenvalue weighted by Gasteiger charge is -2.12. The van der Waals surface area contributed by atoms with Crippen molar-refractivity contribution in [1.82, 2.24) is 20.2 Å². The molecule has 2 aromatic heterocycles. The summed E-state index contributed by atoms with van der Waals surface area (Å²) in [7, 11) is 3.27. The molecule has 184 valence electrons. The molecule has 0 fully saturated rings. The summed E-state index contributed by atoms with van der Waals surface area (Å²) in [5, 5.41) is 6.85. The van der Waals surface area contributed by atoms with Crippen LogP contribution in [-0.2, 0) is 11.3 Å². The van der Waals surface area contributed by atoms with E-state index in [2.05, 4.69) is 20.6 Å². The summed E-state index contributed by atoms with van der Waals surface area (Å²) in [6.07, 6.45) is 1.90. The van der Waals surface area contributed by atoms with Gasteiger partial charge in [-0.25, -0.2) is 9.37 Å². The first-order valence-corrected chi connectivity index (χ1v) is 11.4. The normalized spacial score (nSPS) is 10.8. The van der Waals surface area contributed by atoms with Gasteiger partial charge in [0.25, 0.3) is 5.91 Å². The predicted octanol–water partition coefficient (Wildman–Crippen LogP) is 3.84. The molecule has 0 aliphatic carbocycles. The van der Waals surface area contributed by atoms with Crippen molar-refractivity contribution in [2.75, 3.05) is 31.7 Å². The van der Waals surface area contributed by atoms with Crippen LogP contribution >= 0.6 is 0 Å². The van der Waals surface area contributed by atoms with Gasteiger partial charge in [0.2, 0.25) is 5.91 Å². The Morgan fingerprint density at radius 2 is 1.89 bits per heavy atom. The zero-order chi connectivity index (χ0) is 25.7. The molecule has 0 atom stereocenters. The van der Waals surface area contributed by atoms with Crippen molar-refractivity contribution in [2.45, 2.75) is 13.0 Å². The lowest BCUT2D eigenvalue weighted by Crippen LogP contribution is -2.30. The minimum absolute atomic E-state index is 0.101. The van der Waals surface area contributed by atoms with Gasteiger partial charge in [-0.15, -0.1) is 0 Å². The number of pyridine rings is 2. The number of rotatable bonds is 8. The van der Waals surface area contributed by atoms with Crippen LogP contribution in [0.5, 0.6) is 0 Å². The van der Waals surface area contributed by atoms with E-state index in [-0.39, 0.29) is 24.4 Å². The summed E-state index contributed by atoms with van der Waals surface area (Å²) in [5.74, 6) is -0.903. The molecule has 9 heteroatoms. The number of anilines is 2. The predicted molar refractivity (Wildman–Crippen MR) is 139 cm³/mol. The molecule has 0 aliphatic heterocycles. The van der Waals surface area contributed by atoms with Crippen LogP contribution in [0.1, 0.15) is 22.3 Å². The summed E-state index contributed by atoms with van der Waals surface area (Å²) < 4.78 is 14.8. The molecule has 2 heterocycles. The number of aromatic nitrogens is 2. The fourth-order valence-corrected chi connectivity index (χ4v) is 3.65. The third kappa shape index (κ3) is 5.75. The van der Waals surface area contributed by atoms with Crippen LogP contribution in [0, 0.1) is 5.82 Å². The van der Waals surface area contributed by atoms with Crippen LogP contribution in [0.4, 0.5) is 15.9 Å². The van der Waals surface area contributed by atoms with Gasteiger partial charge in [-0.2, -0.15) is 0 Å². The molecule has 4 aromatic rings. The molecule has 0 aliphatic rings. The highest BCUT2D eigenvalue weighted by molar-refractivity contribution is 5.95. The number of carbonyl (C=O) groups is 2. The van der Waals surface area contributed by atoms with E-state index in [1.54, 1.807) is 38.5 Å². The third-order valence-corrected chi connectivity index (χ3v) is 5.69. The Balaban J connectivity index is 1.45. The quantitative estimate of drug-likeness (QED) is 0.349. The molecule has 0 radical (unpaired) electrons. The minimum atomic E-state index is -0.679. The third-order valence-electron chi connectivity index (χ3n) is 5.69. The van der Waals surface area contributed by atoms with Gasteiger partial charge in [-0.1, -0.05) is 18.2 Å². The number of carbonyl (C=O) groups excluding carboxylic acids is 2. The van der Waals surface area contributed by atoms with Crippen molar-refractivity contribution in [3.63, 3.8) is 0 Å². The van der Waals surface area contributed by atoms with Crippen LogP contribution in [0.25, 0.3) is 22.2 Å². The smallest absolute Gasteiger partial charge is 0.254 e. The Bertz CT molecular complexity index is 1420. The summed E-state index contributed by atoms with van der Waals surface area (Å²) >= 11 is 0. The maximum atomic E-state index is 14.8. The van der Waals surface area contributed by atoms with Gasteiger partial charge < -0.3 is 21.3 Å². The highest BCUT2D eigenvalue weighted by Gasteiger charge is 2.15. The van der Waals surface area contributed by atoms with E-state index in [9.17, 15) is 14.0 Å². The number of nitrogen functional groups attached to an aromatic ring is 1.